The molecule has 0 radical (unpaired) electrons. The number of hydrogen-bond acceptors (Lipinski definition) is 3. The second kappa shape index (κ2) is 12.5. The predicted molar refractivity (Wildman–Crippen MR) is 109 cm³/mol. The van der Waals surface area contributed by atoms with E-state index in [0.29, 0.717) is 6.61 Å². The van der Waals surface area contributed by atoms with E-state index in [1.165, 1.54) is 0 Å². The number of hydrogen-bond donors (Lipinski definition) is 0. The molecule has 2 aromatic carbocycles. The Morgan fingerprint density at radius 3 is 2.00 bits per heavy atom. The summed E-state index contributed by atoms with van der Waals surface area (Å²) in [5.74, 6) is 0.782. The van der Waals surface area contributed by atoms with Crippen LogP contribution in [0.25, 0.3) is 5.70 Å². The van der Waals surface area contributed by atoms with E-state index in [9.17, 15) is 4.79 Å². The fraction of sp³-hybridized carbons (Fsp3) is 0.273. The zero-order valence-electron chi connectivity index (χ0n) is 15.9. The van der Waals surface area contributed by atoms with Gasteiger partial charge in [0, 0.05) is 18.7 Å². The molecule has 0 saturated heterocycles. The van der Waals surface area contributed by atoms with Gasteiger partial charge < -0.3 is 9.64 Å². The van der Waals surface area contributed by atoms with E-state index in [2.05, 4.69) is 11.7 Å². The van der Waals surface area contributed by atoms with Gasteiger partial charge in [-0.2, -0.15) is 0 Å². The van der Waals surface area contributed by atoms with Gasteiger partial charge in [-0.1, -0.05) is 60.7 Å². The minimum Gasteiger partial charge on any atom is -0.491 e. The highest BCUT2D eigenvalue weighted by Crippen LogP contribution is 2.21. The highest BCUT2D eigenvalue weighted by atomic mass is 16.5. The Balaban J connectivity index is 0.000000412. The maximum Gasteiger partial charge on any atom is 0.209 e. The topological polar surface area (TPSA) is 41.9 Å². The third-order valence-corrected chi connectivity index (χ3v) is 3.80. The lowest BCUT2D eigenvalue weighted by molar-refractivity contribution is -0.117. The van der Waals surface area contributed by atoms with Gasteiger partial charge in [0.1, 0.15) is 18.1 Å². The van der Waals surface area contributed by atoms with Gasteiger partial charge in [0.15, 0.2) is 0 Å². The van der Waals surface area contributed by atoms with Crippen molar-refractivity contribution in [1.29, 1.82) is 0 Å². The predicted octanol–water partition coefficient (Wildman–Crippen LogP) is 4.78. The van der Waals surface area contributed by atoms with Crippen LogP contribution in [0.5, 0.6) is 0 Å². The van der Waals surface area contributed by atoms with Crippen LogP contribution in [-0.2, 0) is 16.1 Å². The van der Waals surface area contributed by atoms with Gasteiger partial charge in [-0.25, -0.2) is 0 Å². The van der Waals surface area contributed by atoms with E-state index in [1.807, 2.05) is 81.4 Å². The van der Waals surface area contributed by atoms with E-state index in [0.717, 1.165) is 42.1 Å². The second-order valence-electron chi connectivity index (χ2n) is 5.53. The standard InChI is InChI=1S/C17H17NO.C5H11NO/c1-14(19-13-15-9-5-3-6-10-15)17(18-2)16-11-7-4-8-12-16;1-3-6(4-2)5-7/h3-12H,2,13H2,1H3;5H,3-4H2,1-2H3/b17-14-;. The zero-order valence-corrected chi connectivity index (χ0v) is 15.9. The summed E-state index contributed by atoms with van der Waals surface area (Å²) in [4.78, 5) is 15.7. The number of amides is 1. The van der Waals surface area contributed by atoms with E-state index in [1.54, 1.807) is 4.90 Å². The van der Waals surface area contributed by atoms with E-state index in [4.69, 9.17) is 4.74 Å². The number of rotatable bonds is 8. The molecular weight excluding hydrogens is 324 g/mol. The third-order valence-electron chi connectivity index (χ3n) is 3.80. The van der Waals surface area contributed by atoms with Crippen molar-refractivity contribution in [3.63, 3.8) is 0 Å². The molecule has 4 nitrogen and oxygen atoms in total. The van der Waals surface area contributed by atoms with Gasteiger partial charge in [-0.05, 0) is 33.1 Å². The summed E-state index contributed by atoms with van der Waals surface area (Å²) in [7, 11) is 0. The summed E-state index contributed by atoms with van der Waals surface area (Å²) in [5.41, 5.74) is 2.94. The molecule has 138 valence electrons. The summed E-state index contributed by atoms with van der Waals surface area (Å²) < 4.78 is 5.78. The summed E-state index contributed by atoms with van der Waals surface area (Å²) in [5, 5.41) is 0. The first-order valence-electron chi connectivity index (χ1n) is 8.75. The van der Waals surface area contributed by atoms with Crippen molar-refractivity contribution in [2.24, 2.45) is 4.99 Å². The molecule has 0 heterocycles. The van der Waals surface area contributed by atoms with Crippen LogP contribution in [0.2, 0.25) is 0 Å². The molecular formula is C22H28N2O2. The normalized spacial score (nSPS) is 10.7. The minimum absolute atomic E-state index is 0.540. The second-order valence-corrected chi connectivity index (χ2v) is 5.53. The molecule has 0 atom stereocenters. The monoisotopic (exact) mass is 352 g/mol. The van der Waals surface area contributed by atoms with E-state index in [-0.39, 0.29) is 0 Å². The van der Waals surface area contributed by atoms with Crippen LogP contribution in [0.4, 0.5) is 0 Å². The van der Waals surface area contributed by atoms with Crippen molar-refractivity contribution >= 4 is 18.8 Å². The number of ether oxygens (including phenoxy) is 1. The van der Waals surface area contributed by atoms with Crippen LogP contribution in [0.3, 0.4) is 0 Å². The summed E-state index contributed by atoms with van der Waals surface area (Å²) in [6.45, 7) is 11.6. The van der Waals surface area contributed by atoms with Crippen molar-refractivity contribution in [3.05, 3.63) is 77.5 Å². The van der Waals surface area contributed by atoms with Gasteiger partial charge in [0.2, 0.25) is 6.41 Å². The number of aliphatic imine (C=N–C) groups is 1. The molecule has 2 aromatic rings. The summed E-state index contributed by atoms with van der Waals surface area (Å²) in [6.07, 6.45) is 0.861. The lowest BCUT2D eigenvalue weighted by Gasteiger charge is -2.10. The van der Waals surface area contributed by atoms with Crippen molar-refractivity contribution < 1.29 is 9.53 Å². The molecule has 0 aromatic heterocycles. The minimum atomic E-state index is 0.540. The zero-order chi connectivity index (χ0) is 19.2. The first-order chi connectivity index (χ1) is 12.7. The van der Waals surface area contributed by atoms with Crippen LogP contribution in [0.15, 0.2) is 71.4 Å². The molecule has 0 unspecified atom stereocenters. The molecule has 26 heavy (non-hydrogen) atoms. The van der Waals surface area contributed by atoms with Crippen LogP contribution in [-0.4, -0.2) is 31.1 Å². The molecule has 2 rings (SSSR count). The van der Waals surface area contributed by atoms with Crippen molar-refractivity contribution in [2.45, 2.75) is 27.4 Å². The Kier molecular flexibility index (Phi) is 10.2. The summed E-state index contributed by atoms with van der Waals surface area (Å²) >= 11 is 0. The lowest BCUT2D eigenvalue weighted by Crippen LogP contribution is -2.19. The van der Waals surface area contributed by atoms with Crippen LogP contribution in [0, 0.1) is 0 Å². The first kappa shape index (κ1) is 21.2. The average molecular weight is 352 g/mol. The maximum atomic E-state index is 9.89. The Morgan fingerprint density at radius 2 is 1.58 bits per heavy atom. The molecule has 4 heteroatoms. The van der Waals surface area contributed by atoms with Gasteiger partial charge >= 0.3 is 0 Å². The van der Waals surface area contributed by atoms with Gasteiger partial charge in [0.05, 0.1) is 0 Å². The van der Waals surface area contributed by atoms with Gasteiger partial charge in [0.25, 0.3) is 0 Å². The number of allylic oxidation sites excluding steroid dienone is 1. The SMILES string of the molecule is C=N/C(=C(/C)OCc1ccccc1)c1ccccc1.CCN(C=O)CC. The Hall–Kier alpha value is -2.88. The van der Waals surface area contributed by atoms with Crippen LogP contribution >= 0.6 is 0 Å². The fourth-order valence-electron chi connectivity index (χ4n) is 2.21. The van der Waals surface area contributed by atoms with Crippen molar-refractivity contribution in [3.8, 4) is 0 Å². The fourth-order valence-corrected chi connectivity index (χ4v) is 2.21. The smallest absolute Gasteiger partial charge is 0.209 e. The highest BCUT2D eigenvalue weighted by molar-refractivity contribution is 5.69. The Bertz CT molecular complexity index is 678. The molecule has 0 saturated carbocycles. The number of carbonyl (C=O) groups is 1. The highest BCUT2D eigenvalue weighted by Gasteiger charge is 2.05. The third kappa shape index (κ3) is 7.34. The largest absolute Gasteiger partial charge is 0.491 e. The van der Waals surface area contributed by atoms with Crippen molar-refractivity contribution in [2.75, 3.05) is 13.1 Å². The van der Waals surface area contributed by atoms with E-state index >= 15 is 0 Å². The molecule has 0 bridgehead atoms. The quantitative estimate of drug-likeness (QED) is 0.390. The first-order valence-corrected chi connectivity index (χ1v) is 8.75. The molecule has 1 amide bonds. The maximum absolute atomic E-state index is 9.89. The molecule has 0 aliphatic rings. The number of benzene rings is 2. The molecule has 0 N–H and O–H groups in total. The van der Waals surface area contributed by atoms with Gasteiger partial charge in [-0.3, -0.25) is 9.79 Å². The van der Waals surface area contributed by atoms with Crippen molar-refractivity contribution in [1.82, 2.24) is 4.90 Å². The molecule has 0 aliphatic carbocycles. The summed E-state index contributed by atoms with van der Waals surface area (Å²) in [6, 6.07) is 20.0. The van der Waals surface area contributed by atoms with E-state index < -0.39 is 0 Å². The van der Waals surface area contributed by atoms with Crippen LogP contribution < -0.4 is 0 Å². The molecule has 0 aliphatic heterocycles. The average Bonchev–Trinajstić information content (AvgIpc) is 2.70. The number of nitrogens with zero attached hydrogens (tertiary/aromatic N) is 2. The Labute approximate surface area is 156 Å². The Morgan fingerprint density at radius 1 is 1.04 bits per heavy atom. The number of carbonyl (C=O) groups excluding carboxylic acids is 1. The van der Waals surface area contributed by atoms with Gasteiger partial charge in [-0.15, -0.1) is 0 Å². The molecule has 0 fully saturated rings. The lowest BCUT2D eigenvalue weighted by atomic mass is 10.1. The molecule has 0 spiro atoms. The van der Waals surface area contributed by atoms with Crippen LogP contribution in [0.1, 0.15) is 31.9 Å².